The Labute approximate surface area is 123 Å². The van der Waals surface area contributed by atoms with Gasteiger partial charge in [-0.15, -0.1) is 0 Å². The number of hydrogen-bond acceptors (Lipinski definition) is 4. The summed E-state index contributed by atoms with van der Waals surface area (Å²) < 4.78 is 1.73. The van der Waals surface area contributed by atoms with E-state index in [0.29, 0.717) is 18.7 Å². The van der Waals surface area contributed by atoms with Crippen LogP contribution in [-0.4, -0.2) is 49.9 Å². The lowest BCUT2D eigenvalue weighted by Gasteiger charge is -2.30. The number of aromatic nitrogens is 3. The van der Waals surface area contributed by atoms with Gasteiger partial charge in [-0.3, -0.25) is 9.78 Å². The number of amides is 1. The van der Waals surface area contributed by atoms with Gasteiger partial charge in [0.2, 0.25) is 0 Å². The van der Waals surface area contributed by atoms with Gasteiger partial charge in [0.15, 0.2) is 0 Å². The summed E-state index contributed by atoms with van der Waals surface area (Å²) in [4.78, 5) is 18.2. The normalized spacial score (nSPS) is 18.8. The Morgan fingerprint density at radius 1 is 1.38 bits per heavy atom. The van der Waals surface area contributed by atoms with E-state index in [2.05, 4.69) is 10.1 Å². The summed E-state index contributed by atoms with van der Waals surface area (Å²) in [6.07, 6.45) is 6.17. The number of carbonyl (C=O) groups excluding carboxylic acids is 1. The van der Waals surface area contributed by atoms with Crippen molar-refractivity contribution in [2.45, 2.75) is 25.9 Å². The van der Waals surface area contributed by atoms with Crippen LogP contribution in [0, 0.1) is 6.92 Å². The molecule has 1 N–H and O–H groups in total. The molecule has 1 aliphatic rings. The molecule has 1 unspecified atom stereocenters. The topological polar surface area (TPSA) is 71.2 Å². The molecular weight excluding hydrogens is 268 g/mol. The first-order chi connectivity index (χ1) is 10.2. The van der Waals surface area contributed by atoms with Crippen molar-refractivity contribution in [2.75, 3.05) is 13.1 Å². The zero-order valence-corrected chi connectivity index (χ0v) is 11.9. The molecule has 3 heterocycles. The van der Waals surface area contributed by atoms with E-state index in [0.717, 1.165) is 24.2 Å². The first kappa shape index (κ1) is 13.8. The van der Waals surface area contributed by atoms with Crippen molar-refractivity contribution < 1.29 is 9.90 Å². The largest absolute Gasteiger partial charge is 0.391 e. The maximum absolute atomic E-state index is 12.6. The molecule has 6 nitrogen and oxygen atoms in total. The number of nitrogens with zero attached hydrogens (tertiary/aromatic N) is 4. The average Bonchev–Trinajstić information content (AvgIpc) is 2.89. The molecule has 2 aromatic rings. The Morgan fingerprint density at radius 2 is 2.14 bits per heavy atom. The Hall–Kier alpha value is -2.21. The number of likely N-dealkylation sites (tertiary alicyclic amines) is 1. The van der Waals surface area contributed by atoms with Crippen LogP contribution >= 0.6 is 0 Å². The average molecular weight is 286 g/mol. The molecule has 1 atom stereocenters. The van der Waals surface area contributed by atoms with Gasteiger partial charge in [-0.2, -0.15) is 5.10 Å². The van der Waals surface area contributed by atoms with E-state index in [9.17, 15) is 9.90 Å². The minimum absolute atomic E-state index is 0.0634. The molecule has 0 saturated carbocycles. The maximum atomic E-state index is 12.6. The highest BCUT2D eigenvalue weighted by molar-refractivity contribution is 5.95. The molecule has 21 heavy (non-hydrogen) atoms. The third-order valence-electron chi connectivity index (χ3n) is 3.83. The third kappa shape index (κ3) is 2.67. The summed E-state index contributed by atoms with van der Waals surface area (Å²) in [7, 11) is 0. The van der Waals surface area contributed by atoms with E-state index in [4.69, 9.17) is 0 Å². The van der Waals surface area contributed by atoms with Gasteiger partial charge < -0.3 is 10.0 Å². The Balaban J connectivity index is 1.87. The second-order valence-corrected chi connectivity index (χ2v) is 5.31. The van der Waals surface area contributed by atoms with E-state index < -0.39 is 6.10 Å². The second-order valence-electron chi connectivity index (χ2n) is 5.31. The summed E-state index contributed by atoms with van der Waals surface area (Å²) >= 11 is 0. The van der Waals surface area contributed by atoms with Crippen LogP contribution in [0.2, 0.25) is 0 Å². The molecule has 2 aromatic heterocycles. The van der Waals surface area contributed by atoms with Crippen molar-refractivity contribution in [1.82, 2.24) is 19.7 Å². The SMILES string of the molecule is Cc1c(C(=O)N2CCCC(O)C2)cnn1-c1ccncc1. The minimum atomic E-state index is -0.418. The molecule has 3 rings (SSSR count). The molecule has 0 aromatic carbocycles. The quantitative estimate of drug-likeness (QED) is 0.899. The molecule has 0 aliphatic carbocycles. The summed E-state index contributed by atoms with van der Waals surface area (Å²) in [5.41, 5.74) is 2.26. The fourth-order valence-corrected chi connectivity index (χ4v) is 2.67. The molecule has 0 radical (unpaired) electrons. The summed E-state index contributed by atoms with van der Waals surface area (Å²) in [6, 6.07) is 3.69. The Kier molecular flexibility index (Phi) is 3.70. The monoisotopic (exact) mass is 286 g/mol. The van der Waals surface area contributed by atoms with E-state index >= 15 is 0 Å². The second kappa shape index (κ2) is 5.65. The van der Waals surface area contributed by atoms with Crippen LogP contribution in [0.25, 0.3) is 5.69 Å². The maximum Gasteiger partial charge on any atom is 0.257 e. The number of rotatable bonds is 2. The standard InChI is InChI=1S/C15H18N4O2/c1-11-14(15(21)18-8-2-3-13(20)10-18)9-17-19(11)12-4-6-16-7-5-12/h4-7,9,13,20H,2-3,8,10H2,1H3. The van der Waals surface area contributed by atoms with E-state index in [1.54, 1.807) is 28.2 Å². The zero-order valence-electron chi connectivity index (χ0n) is 11.9. The van der Waals surface area contributed by atoms with Gasteiger partial charge in [0.25, 0.3) is 5.91 Å². The molecule has 6 heteroatoms. The molecule has 1 amide bonds. The smallest absolute Gasteiger partial charge is 0.257 e. The molecule has 110 valence electrons. The highest BCUT2D eigenvalue weighted by Gasteiger charge is 2.25. The van der Waals surface area contributed by atoms with Crippen LogP contribution in [-0.2, 0) is 0 Å². The van der Waals surface area contributed by atoms with Crippen molar-refractivity contribution in [1.29, 1.82) is 0 Å². The number of pyridine rings is 1. The summed E-state index contributed by atoms with van der Waals surface area (Å²) in [5, 5.41) is 14.0. The van der Waals surface area contributed by atoms with Crippen LogP contribution in [0.4, 0.5) is 0 Å². The number of carbonyl (C=O) groups is 1. The number of aliphatic hydroxyl groups excluding tert-OH is 1. The van der Waals surface area contributed by atoms with Gasteiger partial charge in [0.05, 0.1) is 29.2 Å². The van der Waals surface area contributed by atoms with E-state index in [-0.39, 0.29) is 5.91 Å². The van der Waals surface area contributed by atoms with E-state index in [1.807, 2.05) is 19.1 Å². The molecule has 0 bridgehead atoms. The van der Waals surface area contributed by atoms with Crippen molar-refractivity contribution in [3.8, 4) is 5.69 Å². The lowest BCUT2D eigenvalue weighted by atomic mass is 10.1. The Bertz CT molecular complexity index is 638. The van der Waals surface area contributed by atoms with Crippen LogP contribution in [0.3, 0.4) is 0 Å². The lowest BCUT2D eigenvalue weighted by Crippen LogP contribution is -2.42. The van der Waals surface area contributed by atoms with Gasteiger partial charge >= 0.3 is 0 Å². The van der Waals surface area contributed by atoms with Gasteiger partial charge in [-0.05, 0) is 31.9 Å². The zero-order chi connectivity index (χ0) is 14.8. The first-order valence-electron chi connectivity index (χ1n) is 7.09. The third-order valence-corrected chi connectivity index (χ3v) is 3.83. The molecule has 1 fully saturated rings. The minimum Gasteiger partial charge on any atom is -0.391 e. The Morgan fingerprint density at radius 3 is 2.86 bits per heavy atom. The highest BCUT2D eigenvalue weighted by atomic mass is 16.3. The fraction of sp³-hybridized carbons (Fsp3) is 0.400. The van der Waals surface area contributed by atoms with Crippen LogP contribution in [0.5, 0.6) is 0 Å². The summed E-state index contributed by atoms with van der Waals surface area (Å²) in [6.45, 7) is 2.97. The number of hydrogen-bond donors (Lipinski definition) is 1. The van der Waals surface area contributed by atoms with Gasteiger partial charge in [0, 0.05) is 25.5 Å². The van der Waals surface area contributed by atoms with Gasteiger partial charge in [-0.1, -0.05) is 0 Å². The number of β-amino-alcohol motifs (C(OH)–C–C–N with tert-alkyl or cyclic N) is 1. The number of aliphatic hydroxyl groups is 1. The lowest BCUT2D eigenvalue weighted by molar-refractivity contribution is 0.0473. The van der Waals surface area contributed by atoms with Crippen molar-refractivity contribution in [2.24, 2.45) is 0 Å². The first-order valence-corrected chi connectivity index (χ1v) is 7.09. The highest BCUT2D eigenvalue weighted by Crippen LogP contribution is 2.18. The molecule has 0 spiro atoms. The van der Waals surface area contributed by atoms with Gasteiger partial charge in [-0.25, -0.2) is 4.68 Å². The molecule has 1 aliphatic heterocycles. The summed E-state index contributed by atoms with van der Waals surface area (Å²) in [5.74, 6) is -0.0634. The number of piperidine rings is 1. The fourth-order valence-electron chi connectivity index (χ4n) is 2.67. The predicted molar refractivity (Wildman–Crippen MR) is 77.2 cm³/mol. The van der Waals surface area contributed by atoms with Crippen molar-refractivity contribution in [3.05, 3.63) is 42.0 Å². The predicted octanol–water partition coefficient (Wildman–Crippen LogP) is 1.17. The van der Waals surface area contributed by atoms with Crippen molar-refractivity contribution in [3.63, 3.8) is 0 Å². The van der Waals surface area contributed by atoms with Crippen LogP contribution in [0.1, 0.15) is 28.9 Å². The molecular formula is C15H18N4O2. The molecule has 1 saturated heterocycles. The van der Waals surface area contributed by atoms with E-state index in [1.165, 1.54) is 0 Å². The van der Waals surface area contributed by atoms with Crippen LogP contribution < -0.4 is 0 Å². The van der Waals surface area contributed by atoms with Crippen molar-refractivity contribution >= 4 is 5.91 Å². The van der Waals surface area contributed by atoms with Crippen LogP contribution in [0.15, 0.2) is 30.7 Å². The van der Waals surface area contributed by atoms with Gasteiger partial charge in [0.1, 0.15) is 0 Å².